The molecule has 4 nitrogen and oxygen atoms in total. The van der Waals surface area contributed by atoms with Crippen LogP contribution in [0.4, 0.5) is 0 Å². The lowest BCUT2D eigenvalue weighted by Crippen LogP contribution is -2.57. The fourth-order valence-corrected chi connectivity index (χ4v) is 5.37. The largest absolute Gasteiger partial charge is 0.480 e. The van der Waals surface area contributed by atoms with Gasteiger partial charge in [-0.05, 0) is 62.2 Å². The molecule has 4 rings (SSSR count). The van der Waals surface area contributed by atoms with E-state index in [2.05, 4.69) is 5.32 Å². The predicted molar refractivity (Wildman–Crippen MR) is 79.6 cm³/mol. The quantitative estimate of drug-likeness (QED) is 0.819. The summed E-state index contributed by atoms with van der Waals surface area (Å²) in [5.74, 6) is 1.20. The molecule has 4 fully saturated rings. The normalized spacial score (nSPS) is 39.8. The van der Waals surface area contributed by atoms with Gasteiger partial charge in [-0.1, -0.05) is 20.3 Å². The van der Waals surface area contributed by atoms with Crippen molar-refractivity contribution >= 4 is 11.9 Å². The minimum Gasteiger partial charge on any atom is -0.480 e. The van der Waals surface area contributed by atoms with Gasteiger partial charge in [0.2, 0.25) is 5.91 Å². The van der Waals surface area contributed by atoms with Gasteiger partial charge in [-0.15, -0.1) is 0 Å². The number of carbonyl (C=O) groups excluding carboxylic acids is 1. The molecule has 0 aromatic heterocycles. The molecule has 0 heterocycles. The second-order valence-corrected chi connectivity index (χ2v) is 7.87. The van der Waals surface area contributed by atoms with Crippen LogP contribution in [0.3, 0.4) is 0 Å². The molecule has 0 radical (unpaired) electrons. The lowest BCUT2D eigenvalue weighted by Gasteiger charge is -2.55. The van der Waals surface area contributed by atoms with Crippen LogP contribution in [0.25, 0.3) is 0 Å². The van der Waals surface area contributed by atoms with Crippen LogP contribution >= 0.6 is 0 Å². The molecule has 4 heteroatoms. The molecule has 2 N–H and O–H groups in total. The summed E-state index contributed by atoms with van der Waals surface area (Å²) in [4.78, 5) is 24.3. The minimum atomic E-state index is -0.901. The average Bonchev–Trinajstić information content (AvgIpc) is 2.41. The van der Waals surface area contributed by atoms with Crippen molar-refractivity contribution in [1.82, 2.24) is 5.32 Å². The van der Waals surface area contributed by atoms with Gasteiger partial charge in [-0.25, -0.2) is 4.79 Å². The number of carboxylic acid groups (broad SMARTS) is 1. The Kier molecular flexibility index (Phi) is 3.74. The fraction of sp³-hybridized carbons (Fsp3) is 0.882. The summed E-state index contributed by atoms with van der Waals surface area (Å²) in [5, 5.41) is 12.3. The molecule has 1 amide bonds. The summed E-state index contributed by atoms with van der Waals surface area (Å²) in [6, 6.07) is -0.740. The summed E-state index contributed by atoms with van der Waals surface area (Å²) >= 11 is 0. The summed E-state index contributed by atoms with van der Waals surface area (Å²) in [6.07, 6.45) is 7.59. The summed E-state index contributed by atoms with van der Waals surface area (Å²) in [5.41, 5.74) is -0.254. The maximum atomic E-state index is 12.9. The number of aliphatic carboxylic acids is 1. The molecule has 0 aliphatic heterocycles. The van der Waals surface area contributed by atoms with E-state index in [0.29, 0.717) is 17.8 Å². The van der Waals surface area contributed by atoms with Crippen LogP contribution in [0, 0.1) is 29.1 Å². The third kappa shape index (κ3) is 2.58. The molecule has 4 bridgehead atoms. The van der Waals surface area contributed by atoms with Crippen molar-refractivity contribution in [2.75, 3.05) is 0 Å². The third-order valence-corrected chi connectivity index (χ3v) is 6.29. The van der Waals surface area contributed by atoms with Crippen LogP contribution in [0.15, 0.2) is 0 Å². The van der Waals surface area contributed by atoms with Crippen molar-refractivity contribution < 1.29 is 14.7 Å². The lowest BCUT2D eigenvalue weighted by molar-refractivity contribution is -0.152. The minimum absolute atomic E-state index is 0.0225. The number of hydrogen-bond acceptors (Lipinski definition) is 2. The molecule has 2 atom stereocenters. The van der Waals surface area contributed by atoms with Gasteiger partial charge in [-0.3, -0.25) is 4.79 Å². The average molecular weight is 293 g/mol. The zero-order valence-corrected chi connectivity index (χ0v) is 13.1. The van der Waals surface area contributed by atoms with Gasteiger partial charge < -0.3 is 10.4 Å². The van der Waals surface area contributed by atoms with Crippen molar-refractivity contribution in [3.63, 3.8) is 0 Å². The van der Waals surface area contributed by atoms with E-state index in [1.165, 1.54) is 19.3 Å². The molecule has 21 heavy (non-hydrogen) atoms. The molecular weight excluding hydrogens is 266 g/mol. The molecule has 0 aromatic rings. The Hall–Kier alpha value is -1.06. The van der Waals surface area contributed by atoms with E-state index in [4.69, 9.17) is 0 Å². The Morgan fingerprint density at radius 1 is 1.14 bits per heavy atom. The van der Waals surface area contributed by atoms with Crippen LogP contribution < -0.4 is 5.32 Å². The first-order valence-electron chi connectivity index (χ1n) is 8.47. The molecule has 4 aliphatic rings. The van der Waals surface area contributed by atoms with E-state index in [1.54, 1.807) is 0 Å². The molecule has 0 saturated heterocycles. The van der Waals surface area contributed by atoms with Gasteiger partial charge in [0.05, 0.1) is 0 Å². The molecule has 4 saturated carbocycles. The highest BCUT2D eigenvalue weighted by atomic mass is 16.4. The summed E-state index contributed by atoms with van der Waals surface area (Å²) in [6.45, 7) is 3.87. The van der Waals surface area contributed by atoms with Gasteiger partial charge in [0.1, 0.15) is 6.04 Å². The first-order valence-corrected chi connectivity index (χ1v) is 8.47. The molecule has 0 unspecified atom stereocenters. The number of nitrogens with one attached hydrogen (secondary N) is 1. The zero-order valence-electron chi connectivity index (χ0n) is 13.1. The predicted octanol–water partition coefficient (Wildman–Crippen LogP) is 2.82. The fourth-order valence-electron chi connectivity index (χ4n) is 5.37. The Bertz CT molecular complexity index is 410. The van der Waals surface area contributed by atoms with Crippen LogP contribution in [-0.2, 0) is 9.59 Å². The Balaban J connectivity index is 1.74. The SMILES string of the molecule is CC[C@H](C)[C@@H](NC(=O)C12CC3CC(CC(C3)C1)C2)C(=O)O. The summed E-state index contributed by atoms with van der Waals surface area (Å²) in [7, 11) is 0. The molecule has 0 aromatic carbocycles. The first kappa shape index (κ1) is 14.9. The Labute approximate surface area is 126 Å². The van der Waals surface area contributed by atoms with E-state index >= 15 is 0 Å². The van der Waals surface area contributed by atoms with Crippen molar-refractivity contribution in [1.29, 1.82) is 0 Å². The van der Waals surface area contributed by atoms with Crippen LogP contribution in [0.2, 0.25) is 0 Å². The first-order chi connectivity index (χ1) is 9.93. The van der Waals surface area contributed by atoms with Gasteiger partial charge >= 0.3 is 5.97 Å². The highest BCUT2D eigenvalue weighted by molar-refractivity contribution is 5.88. The number of hydrogen-bond donors (Lipinski definition) is 2. The van der Waals surface area contributed by atoms with Gasteiger partial charge in [0.25, 0.3) is 0 Å². The van der Waals surface area contributed by atoms with Crippen LogP contribution in [0.1, 0.15) is 58.8 Å². The number of rotatable bonds is 5. The Morgan fingerprint density at radius 2 is 1.62 bits per heavy atom. The van der Waals surface area contributed by atoms with E-state index in [0.717, 1.165) is 25.7 Å². The van der Waals surface area contributed by atoms with Crippen molar-refractivity contribution in [3.05, 3.63) is 0 Å². The van der Waals surface area contributed by atoms with E-state index < -0.39 is 12.0 Å². The highest BCUT2D eigenvalue weighted by Crippen LogP contribution is 2.60. The summed E-state index contributed by atoms with van der Waals surface area (Å²) < 4.78 is 0. The van der Waals surface area contributed by atoms with Crippen LogP contribution in [0.5, 0.6) is 0 Å². The molecule has 118 valence electrons. The number of carbonyl (C=O) groups is 2. The standard InChI is InChI=1S/C17H27NO3/c1-3-10(2)14(15(19)20)18-16(21)17-7-11-4-12(8-17)6-13(5-11)9-17/h10-14H,3-9H2,1-2H3,(H,18,21)(H,19,20)/t10-,11?,12?,13?,14+,17?/m0/s1. The topological polar surface area (TPSA) is 66.4 Å². The van der Waals surface area contributed by atoms with Gasteiger partial charge in [0.15, 0.2) is 0 Å². The van der Waals surface area contributed by atoms with E-state index in [-0.39, 0.29) is 17.2 Å². The zero-order chi connectivity index (χ0) is 15.2. The monoisotopic (exact) mass is 293 g/mol. The van der Waals surface area contributed by atoms with Gasteiger partial charge in [0, 0.05) is 5.41 Å². The van der Waals surface area contributed by atoms with Crippen molar-refractivity contribution in [2.45, 2.75) is 64.8 Å². The molecular formula is C17H27NO3. The van der Waals surface area contributed by atoms with Crippen molar-refractivity contribution in [2.24, 2.45) is 29.1 Å². The van der Waals surface area contributed by atoms with Crippen molar-refractivity contribution in [3.8, 4) is 0 Å². The maximum Gasteiger partial charge on any atom is 0.326 e. The van der Waals surface area contributed by atoms with Crippen LogP contribution in [-0.4, -0.2) is 23.0 Å². The highest BCUT2D eigenvalue weighted by Gasteiger charge is 2.55. The second-order valence-electron chi connectivity index (χ2n) is 7.87. The van der Waals surface area contributed by atoms with Gasteiger partial charge in [-0.2, -0.15) is 0 Å². The molecule has 0 spiro atoms. The smallest absolute Gasteiger partial charge is 0.326 e. The Morgan fingerprint density at radius 3 is 2.00 bits per heavy atom. The lowest BCUT2D eigenvalue weighted by atomic mass is 9.49. The number of carboxylic acids is 1. The van der Waals surface area contributed by atoms with E-state index in [9.17, 15) is 14.7 Å². The molecule has 4 aliphatic carbocycles. The third-order valence-electron chi connectivity index (χ3n) is 6.29. The second kappa shape index (κ2) is 5.29. The van der Waals surface area contributed by atoms with E-state index in [1.807, 2.05) is 13.8 Å². The number of amides is 1. The maximum absolute atomic E-state index is 12.9.